The zero-order valence-electron chi connectivity index (χ0n) is 11.4. The molecule has 1 N–H and O–H groups in total. The highest BCUT2D eigenvalue weighted by Gasteiger charge is 2.34. The fourth-order valence-electron chi connectivity index (χ4n) is 2.66. The third-order valence-corrected chi connectivity index (χ3v) is 3.64. The van der Waals surface area contributed by atoms with Crippen molar-refractivity contribution in [2.75, 3.05) is 11.4 Å². The highest BCUT2D eigenvalue weighted by atomic mass is 19.1. The van der Waals surface area contributed by atoms with E-state index in [9.17, 15) is 13.9 Å². The quantitative estimate of drug-likeness (QED) is 0.917. The Bertz CT molecular complexity index is 729. The van der Waals surface area contributed by atoms with Gasteiger partial charge in [-0.2, -0.15) is 5.26 Å². The summed E-state index contributed by atoms with van der Waals surface area (Å²) in [4.78, 5) is 9.69. The number of aliphatic hydroxyl groups is 1. The van der Waals surface area contributed by atoms with Crippen molar-refractivity contribution in [3.8, 4) is 6.07 Å². The van der Waals surface area contributed by atoms with Gasteiger partial charge < -0.3 is 10.0 Å². The van der Waals surface area contributed by atoms with Gasteiger partial charge in [-0.1, -0.05) is 0 Å². The molecule has 7 heteroatoms. The number of benzene rings is 1. The van der Waals surface area contributed by atoms with Crippen LogP contribution in [0.1, 0.15) is 23.7 Å². The van der Waals surface area contributed by atoms with E-state index in [-0.39, 0.29) is 24.2 Å². The molecule has 0 radical (unpaired) electrons. The number of nitriles is 1. The van der Waals surface area contributed by atoms with Gasteiger partial charge in [0.25, 0.3) is 0 Å². The van der Waals surface area contributed by atoms with Crippen molar-refractivity contribution in [2.45, 2.75) is 18.6 Å². The third-order valence-electron chi connectivity index (χ3n) is 3.64. The van der Waals surface area contributed by atoms with Gasteiger partial charge >= 0.3 is 0 Å². The van der Waals surface area contributed by atoms with E-state index in [0.717, 1.165) is 18.2 Å². The fraction of sp³-hybridized carbons (Fsp3) is 0.267. The van der Waals surface area contributed by atoms with E-state index < -0.39 is 23.8 Å². The molecule has 0 bridgehead atoms. The molecule has 5 nitrogen and oxygen atoms in total. The van der Waals surface area contributed by atoms with Crippen LogP contribution >= 0.6 is 0 Å². The van der Waals surface area contributed by atoms with Gasteiger partial charge in [-0.05, 0) is 24.6 Å². The largest absolute Gasteiger partial charge is 0.391 e. The summed E-state index contributed by atoms with van der Waals surface area (Å²) in [7, 11) is 0. The predicted octanol–water partition coefficient (Wildman–Crippen LogP) is 1.94. The van der Waals surface area contributed by atoms with Gasteiger partial charge in [0.15, 0.2) is 5.69 Å². The van der Waals surface area contributed by atoms with E-state index in [1.807, 2.05) is 6.07 Å². The van der Waals surface area contributed by atoms with E-state index in [1.165, 1.54) is 12.4 Å². The third kappa shape index (κ3) is 2.61. The zero-order chi connectivity index (χ0) is 15.7. The van der Waals surface area contributed by atoms with E-state index >= 15 is 0 Å². The van der Waals surface area contributed by atoms with Crippen LogP contribution in [0, 0.1) is 23.0 Å². The van der Waals surface area contributed by atoms with Crippen LogP contribution in [-0.2, 0) is 0 Å². The summed E-state index contributed by atoms with van der Waals surface area (Å²) < 4.78 is 27.4. The average Bonchev–Trinajstić information content (AvgIpc) is 2.91. The van der Waals surface area contributed by atoms with Crippen LogP contribution in [0.25, 0.3) is 0 Å². The minimum Gasteiger partial charge on any atom is -0.391 e. The number of aliphatic hydroxyl groups excluding tert-OH is 1. The molecule has 1 saturated heterocycles. The van der Waals surface area contributed by atoms with E-state index in [1.54, 1.807) is 4.90 Å². The molecule has 0 saturated carbocycles. The predicted molar refractivity (Wildman–Crippen MR) is 73.8 cm³/mol. The second-order valence-electron chi connectivity index (χ2n) is 5.10. The number of β-amino-alcohol motifs (C(OH)–C–C–N with tert-alkyl or cyclic N) is 1. The summed E-state index contributed by atoms with van der Waals surface area (Å²) >= 11 is 0. The summed E-state index contributed by atoms with van der Waals surface area (Å²) in [6.07, 6.45) is 2.28. The first-order valence-electron chi connectivity index (χ1n) is 6.70. The highest BCUT2D eigenvalue weighted by Crippen LogP contribution is 2.36. The van der Waals surface area contributed by atoms with E-state index in [0.29, 0.717) is 5.82 Å². The number of halogens is 2. The molecule has 1 fully saturated rings. The Morgan fingerprint density at radius 2 is 2.09 bits per heavy atom. The Balaban J connectivity index is 1.98. The molecule has 1 aromatic heterocycles. The number of rotatable bonds is 2. The fourth-order valence-corrected chi connectivity index (χ4v) is 2.66. The van der Waals surface area contributed by atoms with Crippen molar-refractivity contribution in [2.24, 2.45) is 0 Å². The van der Waals surface area contributed by atoms with Crippen LogP contribution in [0.4, 0.5) is 14.6 Å². The van der Waals surface area contributed by atoms with E-state index in [4.69, 9.17) is 5.26 Å². The first-order chi connectivity index (χ1) is 10.6. The maximum Gasteiger partial charge on any atom is 0.158 e. The maximum absolute atomic E-state index is 14.0. The Morgan fingerprint density at radius 3 is 2.77 bits per heavy atom. The van der Waals surface area contributed by atoms with Crippen LogP contribution < -0.4 is 4.90 Å². The van der Waals surface area contributed by atoms with Crippen molar-refractivity contribution in [1.29, 1.82) is 5.26 Å². The molecule has 2 atom stereocenters. The number of hydrogen-bond acceptors (Lipinski definition) is 5. The number of anilines is 1. The Kier molecular flexibility index (Phi) is 3.69. The second-order valence-corrected chi connectivity index (χ2v) is 5.10. The van der Waals surface area contributed by atoms with Gasteiger partial charge in [0.2, 0.25) is 0 Å². The van der Waals surface area contributed by atoms with Crippen molar-refractivity contribution in [3.05, 3.63) is 53.5 Å². The lowest BCUT2D eigenvalue weighted by Crippen LogP contribution is -2.26. The molecule has 1 aliphatic rings. The molecule has 22 heavy (non-hydrogen) atoms. The minimum atomic E-state index is -0.676. The van der Waals surface area contributed by atoms with Gasteiger partial charge in [0, 0.05) is 12.1 Å². The lowest BCUT2D eigenvalue weighted by Gasteiger charge is -2.25. The van der Waals surface area contributed by atoms with Crippen molar-refractivity contribution < 1.29 is 13.9 Å². The number of nitrogens with zero attached hydrogens (tertiary/aromatic N) is 4. The standard InChI is InChI=1S/C15H12F2N4O/c16-9-1-2-13(17)12(3-9)14-4-11(22)8-21(14)15-7-19-10(5-18)6-20-15/h1-3,6-7,11,14,22H,4,8H2/t11-,14-/m0/s1. The molecule has 2 heterocycles. The molecule has 0 aliphatic carbocycles. The smallest absolute Gasteiger partial charge is 0.158 e. The zero-order valence-corrected chi connectivity index (χ0v) is 11.4. The van der Waals surface area contributed by atoms with Gasteiger partial charge in [-0.25, -0.2) is 18.7 Å². The van der Waals surface area contributed by atoms with Crippen LogP contribution in [-0.4, -0.2) is 27.7 Å². The van der Waals surface area contributed by atoms with Crippen molar-refractivity contribution >= 4 is 5.82 Å². The molecule has 3 rings (SSSR count). The Hall–Kier alpha value is -2.59. The molecule has 0 amide bonds. The summed E-state index contributed by atoms with van der Waals surface area (Å²) in [6, 6.07) is 4.57. The molecule has 1 aliphatic heterocycles. The summed E-state index contributed by atoms with van der Waals surface area (Å²) in [5.74, 6) is -0.667. The average molecular weight is 302 g/mol. The summed E-state index contributed by atoms with van der Waals surface area (Å²) in [5, 5.41) is 18.6. The molecular formula is C15H12F2N4O. The van der Waals surface area contributed by atoms with Crippen LogP contribution in [0.15, 0.2) is 30.6 Å². The van der Waals surface area contributed by atoms with Gasteiger partial charge in [-0.3, -0.25) is 0 Å². The molecule has 1 aromatic carbocycles. The Morgan fingerprint density at radius 1 is 1.27 bits per heavy atom. The molecule has 112 valence electrons. The second kappa shape index (κ2) is 5.66. The normalized spacial score (nSPS) is 20.9. The van der Waals surface area contributed by atoms with Crippen molar-refractivity contribution in [3.63, 3.8) is 0 Å². The SMILES string of the molecule is N#Cc1cnc(N2C[C@@H](O)C[C@H]2c2cc(F)ccc2F)cn1. The first kappa shape index (κ1) is 14.4. The van der Waals surface area contributed by atoms with E-state index in [2.05, 4.69) is 9.97 Å². The monoisotopic (exact) mass is 302 g/mol. The molecule has 2 aromatic rings. The van der Waals surface area contributed by atoms with Crippen LogP contribution in [0.2, 0.25) is 0 Å². The minimum absolute atomic E-state index is 0.164. The van der Waals surface area contributed by atoms with Gasteiger partial charge in [0.1, 0.15) is 23.5 Å². The first-order valence-corrected chi connectivity index (χ1v) is 6.70. The van der Waals surface area contributed by atoms with Crippen LogP contribution in [0.3, 0.4) is 0 Å². The highest BCUT2D eigenvalue weighted by molar-refractivity contribution is 5.44. The number of aromatic nitrogens is 2. The van der Waals surface area contributed by atoms with Crippen molar-refractivity contribution in [1.82, 2.24) is 9.97 Å². The topological polar surface area (TPSA) is 73.0 Å². The summed E-state index contributed by atoms with van der Waals surface area (Å²) in [5.41, 5.74) is 0.333. The lowest BCUT2D eigenvalue weighted by molar-refractivity contribution is 0.194. The maximum atomic E-state index is 14.0. The van der Waals surface area contributed by atoms with Gasteiger partial charge in [-0.15, -0.1) is 0 Å². The summed E-state index contributed by atoms with van der Waals surface area (Å²) in [6.45, 7) is 0.237. The Labute approximate surface area is 125 Å². The molecule has 0 spiro atoms. The van der Waals surface area contributed by atoms with Crippen LogP contribution in [0.5, 0.6) is 0 Å². The molecule has 0 unspecified atom stereocenters. The molecular weight excluding hydrogens is 290 g/mol. The van der Waals surface area contributed by atoms with Gasteiger partial charge in [0.05, 0.1) is 24.5 Å². The lowest BCUT2D eigenvalue weighted by atomic mass is 10.0. The number of hydrogen-bond donors (Lipinski definition) is 1.